The number of hydrogen-bond acceptors (Lipinski definition) is 6. The number of aromatic nitrogens is 1. The molecule has 1 aromatic carbocycles. The molecule has 1 fully saturated rings. The third-order valence-electron chi connectivity index (χ3n) is 5.18. The van der Waals surface area contributed by atoms with E-state index in [0.717, 1.165) is 24.4 Å². The Labute approximate surface area is 190 Å². The number of alkyl carbamates (subject to hydrolysis) is 1. The van der Waals surface area contributed by atoms with Crippen LogP contribution in [0.2, 0.25) is 0 Å². The summed E-state index contributed by atoms with van der Waals surface area (Å²) in [6, 6.07) is 2.90. The monoisotopic (exact) mass is 463 g/mol. The average molecular weight is 463 g/mol. The molecule has 1 aliphatic heterocycles. The normalized spacial score (nSPS) is 18.2. The van der Waals surface area contributed by atoms with Crippen molar-refractivity contribution in [3.63, 3.8) is 0 Å². The lowest BCUT2D eigenvalue weighted by Gasteiger charge is -2.30. The Morgan fingerprint density at radius 1 is 1.21 bits per heavy atom. The molecule has 0 saturated carbocycles. The Bertz CT molecular complexity index is 1070. The van der Waals surface area contributed by atoms with E-state index in [-0.39, 0.29) is 34.8 Å². The summed E-state index contributed by atoms with van der Waals surface area (Å²) >= 11 is 0. The summed E-state index contributed by atoms with van der Waals surface area (Å²) in [5.74, 6) is -2.88. The van der Waals surface area contributed by atoms with E-state index in [1.54, 1.807) is 25.7 Å². The molecule has 0 unspecified atom stereocenters. The van der Waals surface area contributed by atoms with Crippen molar-refractivity contribution in [2.75, 3.05) is 25.1 Å². The van der Waals surface area contributed by atoms with Gasteiger partial charge in [-0.3, -0.25) is 0 Å². The van der Waals surface area contributed by atoms with E-state index >= 15 is 0 Å². The number of nitrogens with zero attached hydrogens (tertiary/aromatic N) is 2. The summed E-state index contributed by atoms with van der Waals surface area (Å²) in [6.07, 6.45) is 1.03. The number of carbonyl (C=O) groups is 2. The van der Waals surface area contributed by atoms with Crippen LogP contribution in [0.3, 0.4) is 0 Å². The largest absolute Gasteiger partial charge is 0.480 e. The fraction of sp³-hybridized carbons (Fsp3) is 0.435. The van der Waals surface area contributed by atoms with Crippen molar-refractivity contribution in [2.45, 2.75) is 45.3 Å². The van der Waals surface area contributed by atoms with Gasteiger partial charge in [-0.05, 0) is 51.8 Å². The Balaban J connectivity index is 2.07. The molecule has 0 aliphatic carbocycles. The van der Waals surface area contributed by atoms with Crippen LogP contribution in [-0.4, -0.2) is 53.5 Å². The molecular weight excluding hydrogens is 436 g/mol. The first kappa shape index (κ1) is 24.2. The van der Waals surface area contributed by atoms with Crippen molar-refractivity contribution in [2.24, 2.45) is 0 Å². The molecule has 1 atom stereocenters. The van der Waals surface area contributed by atoms with Gasteiger partial charge >= 0.3 is 12.1 Å². The zero-order chi connectivity index (χ0) is 24.6. The third-order valence-corrected chi connectivity index (χ3v) is 5.18. The zero-order valence-electron chi connectivity index (χ0n) is 19.2. The van der Waals surface area contributed by atoms with Gasteiger partial charge in [0.25, 0.3) is 0 Å². The maximum Gasteiger partial charge on any atom is 0.408 e. The minimum atomic E-state index is -1.26. The predicted molar refractivity (Wildman–Crippen MR) is 118 cm³/mol. The van der Waals surface area contributed by atoms with E-state index in [0.29, 0.717) is 13.0 Å². The van der Waals surface area contributed by atoms with Crippen LogP contribution in [0.5, 0.6) is 5.88 Å². The number of methoxy groups -OCH3 is 1. The molecule has 0 bridgehead atoms. The molecule has 2 heterocycles. The molecule has 2 N–H and O–H groups in total. The Morgan fingerprint density at radius 2 is 1.85 bits per heavy atom. The number of rotatable bonds is 5. The molecule has 1 saturated heterocycles. The molecule has 178 valence electrons. The van der Waals surface area contributed by atoms with Crippen molar-refractivity contribution >= 4 is 17.7 Å². The standard InChI is InChI=1S/C23H27F2N3O5/c1-22(2,3)33-21(31)27-23(4)6-7-28(12-23)18-16(20(29)30)11-26-19(32-5)17(18)13-8-14(24)10-15(25)9-13/h8-11H,6-7,12H2,1-5H3,(H,27,31)(H,29,30)/t23-/m0/s1. The number of amides is 1. The maximum absolute atomic E-state index is 14.0. The van der Waals surface area contributed by atoms with Crippen molar-refractivity contribution in [1.29, 1.82) is 0 Å². The van der Waals surface area contributed by atoms with Gasteiger partial charge in [-0.25, -0.2) is 23.4 Å². The van der Waals surface area contributed by atoms with Crippen LogP contribution in [0, 0.1) is 11.6 Å². The zero-order valence-corrected chi connectivity index (χ0v) is 19.2. The molecule has 3 rings (SSSR count). The lowest BCUT2D eigenvalue weighted by molar-refractivity contribution is 0.0472. The Hall–Kier alpha value is -3.43. The summed E-state index contributed by atoms with van der Waals surface area (Å²) in [7, 11) is 1.34. The fourth-order valence-electron chi connectivity index (χ4n) is 3.89. The minimum absolute atomic E-state index is 0.0219. The Kier molecular flexibility index (Phi) is 6.49. The van der Waals surface area contributed by atoms with E-state index < -0.39 is 34.8 Å². The number of benzene rings is 1. The number of aromatic carboxylic acids is 1. The first-order valence-corrected chi connectivity index (χ1v) is 10.3. The van der Waals surface area contributed by atoms with Crippen LogP contribution in [0.4, 0.5) is 19.3 Å². The molecular formula is C23H27F2N3O5. The van der Waals surface area contributed by atoms with Crippen LogP contribution in [0.25, 0.3) is 11.1 Å². The second kappa shape index (κ2) is 8.84. The van der Waals surface area contributed by atoms with Crippen LogP contribution < -0.4 is 15.0 Å². The van der Waals surface area contributed by atoms with E-state index in [1.807, 2.05) is 6.92 Å². The fourth-order valence-corrected chi connectivity index (χ4v) is 3.89. The van der Waals surface area contributed by atoms with Gasteiger partial charge in [-0.1, -0.05) is 0 Å². The van der Waals surface area contributed by atoms with Crippen LogP contribution >= 0.6 is 0 Å². The highest BCUT2D eigenvalue weighted by molar-refractivity contribution is 6.00. The van der Waals surface area contributed by atoms with Crippen molar-refractivity contribution in [3.05, 3.63) is 41.6 Å². The number of hydrogen-bond donors (Lipinski definition) is 2. The average Bonchev–Trinajstić information content (AvgIpc) is 3.05. The second-order valence-electron chi connectivity index (χ2n) is 9.23. The van der Waals surface area contributed by atoms with Crippen molar-refractivity contribution in [1.82, 2.24) is 10.3 Å². The van der Waals surface area contributed by atoms with E-state index in [1.165, 1.54) is 7.11 Å². The lowest BCUT2D eigenvalue weighted by atomic mass is 10.00. The van der Waals surface area contributed by atoms with Gasteiger partial charge < -0.3 is 24.8 Å². The number of pyridine rings is 1. The van der Waals surface area contributed by atoms with E-state index in [4.69, 9.17) is 9.47 Å². The number of carboxylic acids is 1. The van der Waals surface area contributed by atoms with Crippen LogP contribution in [-0.2, 0) is 4.74 Å². The number of nitrogens with one attached hydrogen (secondary N) is 1. The van der Waals surface area contributed by atoms with Gasteiger partial charge in [0.1, 0.15) is 22.8 Å². The summed E-state index contributed by atoms with van der Waals surface area (Å²) in [5.41, 5.74) is -1.13. The second-order valence-corrected chi connectivity index (χ2v) is 9.23. The topological polar surface area (TPSA) is 101 Å². The van der Waals surface area contributed by atoms with Crippen molar-refractivity contribution in [3.8, 4) is 17.0 Å². The van der Waals surface area contributed by atoms with Gasteiger partial charge in [0, 0.05) is 25.4 Å². The van der Waals surface area contributed by atoms with Crippen molar-refractivity contribution < 1.29 is 33.0 Å². The quantitative estimate of drug-likeness (QED) is 0.684. The van der Waals surface area contributed by atoms with E-state index in [2.05, 4.69) is 10.3 Å². The molecule has 1 aromatic heterocycles. The summed E-state index contributed by atoms with van der Waals surface area (Å²) < 4.78 is 38.7. The van der Waals surface area contributed by atoms with Crippen LogP contribution in [0.1, 0.15) is 44.5 Å². The highest BCUT2D eigenvalue weighted by atomic mass is 19.1. The highest BCUT2D eigenvalue weighted by Crippen LogP contribution is 2.42. The minimum Gasteiger partial charge on any atom is -0.480 e. The molecule has 33 heavy (non-hydrogen) atoms. The van der Waals surface area contributed by atoms with Gasteiger partial charge in [0.2, 0.25) is 5.88 Å². The lowest BCUT2D eigenvalue weighted by Crippen LogP contribution is -2.49. The smallest absolute Gasteiger partial charge is 0.408 e. The number of ether oxygens (including phenoxy) is 2. The third kappa shape index (κ3) is 5.50. The number of anilines is 1. The molecule has 10 heteroatoms. The summed E-state index contributed by atoms with van der Waals surface area (Å²) in [5, 5.41) is 12.7. The van der Waals surface area contributed by atoms with Crippen LogP contribution in [0.15, 0.2) is 24.4 Å². The number of carbonyl (C=O) groups excluding carboxylic acids is 1. The SMILES string of the molecule is COc1ncc(C(=O)O)c(N2CC[C@](C)(NC(=O)OC(C)(C)C)C2)c1-c1cc(F)cc(F)c1. The summed E-state index contributed by atoms with van der Waals surface area (Å²) in [4.78, 5) is 30.2. The summed E-state index contributed by atoms with van der Waals surface area (Å²) in [6.45, 7) is 7.67. The molecule has 1 aliphatic rings. The molecule has 0 spiro atoms. The number of carboxylic acid groups (broad SMARTS) is 1. The van der Waals surface area contributed by atoms with Gasteiger partial charge in [-0.15, -0.1) is 0 Å². The molecule has 8 nitrogen and oxygen atoms in total. The van der Waals surface area contributed by atoms with Gasteiger partial charge in [0.15, 0.2) is 0 Å². The first-order valence-electron chi connectivity index (χ1n) is 10.3. The van der Waals surface area contributed by atoms with Gasteiger partial charge in [0.05, 0.1) is 23.9 Å². The Morgan fingerprint density at radius 3 is 2.39 bits per heavy atom. The number of halogens is 2. The molecule has 0 radical (unpaired) electrons. The van der Waals surface area contributed by atoms with Gasteiger partial charge in [-0.2, -0.15) is 0 Å². The highest BCUT2D eigenvalue weighted by Gasteiger charge is 2.39. The maximum atomic E-state index is 14.0. The molecule has 1 amide bonds. The molecule has 2 aromatic rings. The predicted octanol–water partition coefficient (Wildman–Crippen LogP) is 4.23. The van der Waals surface area contributed by atoms with E-state index in [9.17, 15) is 23.5 Å². The first-order chi connectivity index (χ1) is 15.3.